The number of piperidine rings is 1. The Kier molecular flexibility index (Phi) is 27.8. The number of halogens is 6. The predicted molar refractivity (Wildman–Crippen MR) is 548 cm³/mol. The van der Waals surface area contributed by atoms with Gasteiger partial charge in [0.25, 0.3) is 23.6 Å². The molecule has 0 radical (unpaired) electrons. The van der Waals surface area contributed by atoms with Crippen LogP contribution in [-0.4, -0.2) is 194 Å². The number of carbonyl (C=O) groups excluding carboxylic acids is 4. The minimum absolute atomic E-state index is 0.0490. The second-order valence-electron chi connectivity index (χ2n) is 40.8. The van der Waals surface area contributed by atoms with Crippen molar-refractivity contribution in [2.75, 3.05) is 60.8 Å². The van der Waals surface area contributed by atoms with Crippen molar-refractivity contribution in [2.24, 2.45) is 5.92 Å². The molecule has 4 N–H and O–H groups in total. The fraction of sp³-hybridized carbons (Fsp3) is 0.365. The topological polar surface area (TPSA) is 293 Å². The number of aromatic nitrogens is 4. The van der Waals surface area contributed by atoms with Gasteiger partial charge in [-0.2, -0.15) is 31.6 Å². The highest BCUT2D eigenvalue weighted by Gasteiger charge is 2.63. The number of likely N-dealkylation sites (tertiary alicyclic amines) is 1. The zero-order chi connectivity index (χ0) is 105. The predicted octanol–water partition coefficient (Wildman–Crippen LogP) is 16.1. The smallest absolute Gasteiger partial charge is 0.408 e. The molecular weight excluding hydrogens is 1900 g/mol. The molecule has 1 saturated carbocycles. The first-order valence-corrected chi connectivity index (χ1v) is 50.7. The highest BCUT2D eigenvalue weighted by Crippen LogP contribution is 2.56. The van der Waals surface area contributed by atoms with Crippen molar-refractivity contribution in [1.29, 1.82) is 5.26 Å². The summed E-state index contributed by atoms with van der Waals surface area (Å²) in [6.07, 6.45) is 4.22. The average Bonchev–Trinajstić information content (AvgIpc) is 1.52. The quantitative estimate of drug-likeness (QED) is 0.0736. The van der Waals surface area contributed by atoms with Gasteiger partial charge in [0.15, 0.2) is 45.8 Å². The normalized spacial score (nSPS) is 19.0. The molecule has 148 heavy (non-hydrogen) atoms. The Morgan fingerprint density at radius 1 is 0.372 bits per heavy atom. The summed E-state index contributed by atoms with van der Waals surface area (Å²) in [6, 6.07) is 65.7. The summed E-state index contributed by atoms with van der Waals surface area (Å²) in [5.74, 6) is -5.26. The molecule has 1 spiro atoms. The number of hydrogen-bond donors (Lipinski definition) is 4. The van der Waals surface area contributed by atoms with Crippen LogP contribution in [0.1, 0.15) is 242 Å². The third-order valence-electron chi connectivity index (χ3n) is 31.2. The molecule has 22 rings (SSSR count). The van der Waals surface area contributed by atoms with E-state index in [-0.39, 0.29) is 78.7 Å². The van der Waals surface area contributed by atoms with Crippen LogP contribution in [0.2, 0.25) is 0 Å². The van der Waals surface area contributed by atoms with E-state index in [0.29, 0.717) is 24.3 Å². The lowest BCUT2D eigenvalue weighted by atomic mass is 9.87. The van der Waals surface area contributed by atoms with Crippen molar-refractivity contribution in [3.05, 3.63) is 396 Å². The molecule has 1 saturated heterocycles. The van der Waals surface area contributed by atoms with Crippen molar-refractivity contribution in [3.63, 3.8) is 0 Å². The molecule has 10 aliphatic rings. The molecule has 33 heteroatoms. The number of amides is 4. The standard InChI is InChI=1S/C31H36N4O3.C29H31F3N4O3.C28H25F3N4O3.C27H27N3O3/c1-20(2)34-30(23-14-17-32(3)18-15-23)35(33-19-16-26(36)29(37)28(33)31(34)38)27-24-10-6-4-8-21(24)12-13-22-9-5-7-11-25(22)27;1-18(29(30,31)32)35-24(15-16-33(2)3)36(34-17-14-23(37)27(38)26(34)28(35)39)25-21-10-6-4-8-19(21)12-13-20-9-5-7-11-22(20)25;1-17(28(29,30)31)34-23(11-6-15-32)35(33-16-14-22(36)26(37)25(33)27(34)38)24-20-9-4-2-7-18(20)12-13-19-8-3-5-10-21(19)24;1-17(2)29-26(33)24-25(32)22(31)13-16-28(24)30(27(29)14-15-27)23-20-9-5-3-7-18(20)11-12-19-8-4-6-10-21(19)23/h4-11,16,19-20,23,27,30,37H,12-15,17-18H2,1-3H3;4-11,14,17-18,24-25,38H,12-13,15-16H2,1-3H3;2-5,7-10,14,16-17,23-24,37H,6,11-13H2,1H3;3-10,13,16-17,23,32H,11-12,14-15H2,1-2H3. The Labute approximate surface area is 852 Å². The van der Waals surface area contributed by atoms with Crippen LogP contribution in [0, 0.1) is 17.2 Å². The second-order valence-corrected chi connectivity index (χ2v) is 40.8. The summed E-state index contributed by atoms with van der Waals surface area (Å²) in [7, 11) is 5.79. The van der Waals surface area contributed by atoms with Gasteiger partial charge in [0, 0.05) is 92.9 Å². The number of aryl methyl sites for hydroxylation is 8. The number of alkyl halides is 6. The maximum atomic E-state index is 14.3. The SMILES string of the molecule is CC(C)N1C(=O)c2c(O)c(=O)ccn2N(C2c3ccccc3CCc3ccccc32)C12CC2.CC(C)N1C(=O)c2c(O)c(=O)ccn2N(C2c3ccccc3CCc3ccccc32)C1C1CCN(C)CC1.CC(N1C(=O)c2c(O)c(=O)ccn2N(C2c3ccccc3CCc3ccccc32)C1CCC#N)C(F)(F)F.CC(N1C(=O)c2c(O)c(=O)ccn2N(C2c3ccccc3CCc3ccccc32)C1CCN(C)C)C(F)(F)F. The number of rotatable bonds is 14. The summed E-state index contributed by atoms with van der Waals surface area (Å²) in [5, 5.41) is 60.5. The minimum Gasteiger partial charge on any atom is -0.502 e. The van der Waals surface area contributed by atoms with Crippen LogP contribution in [0.3, 0.4) is 0 Å². The third-order valence-corrected chi connectivity index (χ3v) is 31.2. The molecule has 4 amide bonds. The number of benzene rings is 8. The Hall–Kier alpha value is -15.2. The van der Waals surface area contributed by atoms with E-state index in [4.69, 9.17) is 0 Å². The van der Waals surface area contributed by atoms with Crippen LogP contribution >= 0.6 is 0 Å². The molecule has 27 nitrogen and oxygen atoms in total. The molecule has 5 aliphatic carbocycles. The summed E-state index contributed by atoms with van der Waals surface area (Å²) >= 11 is 0. The molecule has 5 aliphatic heterocycles. The van der Waals surface area contributed by atoms with Gasteiger partial charge in [0.1, 0.15) is 36.2 Å². The first kappa shape index (κ1) is 101. The molecule has 5 unspecified atom stereocenters. The number of nitrogens with zero attached hydrogens (tertiary/aromatic N) is 15. The lowest BCUT2D eigenvalue weighted by Gasteiger charge is -2.54. The van der Waals surface area contributed by atoms with E-state index in [1.807, 2.05) is 160 Å². The van der Waals surface area contributed by atoms with Gasteiger partial charge < -0.3 is 49.8 Å². The highest BCUT2D eigenvalue weighted by atomic mass is 19.4. The molecular formula is C115H119F6N15O12. The van der Waals surface area contributed by atoms with Crippen molar-refractivity contribution in [3.8, 4) is 29.1 Å². The molecule has 0 bridgehead atoms. The summed E-state index contributed by atoms with van der Waals surface area (Å²) in [4.78, 5) is 114. The lowest BCUT2D eigenvalue weighted by Crippen LogP contribution is -2.67. The highest BCUT2D eigenvalue weighted by molar-refractivity contribution is 5.99. The van der Waals surface area contributed by atoms with Crippen LogP contribution in [0.4, 0.5) is 26.3 Å². The Balaban J connectivity index is 0.000000124. The van der Waals surface area contributed by atoms with Crippen LogP contribution in [0.15, 0.2) is 262 Å². The van der Waals surface area contributed by atoms with Gasteiger partial charge in [-0.25, -0.2) is 0 Å². The molecule has 2 fully saturated rings. The third kappa shape index (κ3) is 18.1. The minimum atomic E-state index is -4.79. The zero-order valence-corrected chi connectivity index (χ0v) is 83.8. The van der Waals surface area contributed by atoms with Crippen molar-refractivity contribution < 1.29 is 65.9 Å². The monoisotopic (exact) mass is 2020 g/mol. The van der Waals surface area contributed by atoms with Crippen LogP contribution in [0.25, 0.3) is 0 Å². The van der Waals surface area contributed by atoms with Crippen LogP contribution in [0.5, 0.6) is 23.0 Å². The maximum Gasteiger partial charge on any atom is 0.408 e. The average molecular weight is 2020 g/mol. The first-order valence-electron chi connectivity index (χ1n) is 50.7. The number of fused-ring (bicyclic) bond motifs is 12. The van der Waals surface area contributed by atoms with E-state index in [9.17, 15) is 90.4 Å². The Bertz CT molecular complexity index is 7250. The summed E-state index contributed by atoms with van der Waals surface area (Å²) in [6.45, 7) is 12.2. The fourth-order valence-corrected chi connectivity index (χ4v) is 24.0. The van der Waals surface area contributed by atoms with E-state index in [0.717, 1.165) is 153 Å². The van der Waals surface area contributed by atoms with Gasteiger partial charge in [0.05, 0.1) is 30.2 Å². The van der Waals surface area contributed by atoms with Crippen LogP contribution < -0.4 is 41.8 Å². The lowest BCUT2D eigenvalue weighted by molar-refractivity contribution is -0.179. The van der Waals surface area contributed by atoms with E-state index in [1.54, 1.807) is 31.8 Å². The van der Waals surface area contributed by atoms with Crippen molar-refractivity contribution in [2.45, 2.75) is 223 Å². The number of carbonyl (C=O) groups is 4. The van der Waals surface area contributed by atoms with Gasteiger partial charge in [-0.15, -0.1) is 0 Å². The summed E-state index contributed by atoms with van der Waals surface area (Å²) in [5.41, 5.74) is 13.3. The summed E-state index contributed by atoms with van der Waals surface area (Å²) < 4.78 is 91.6. The number of hydrogen-bond acceptors (Lipinski definition) is 19. The van der Waals surface area contributed by atoms with E-state index in [2.05, 4.69) is 119 Å². The molecule has 12 aromatic rings. The van der Waals surface area contributed by atoms with Crippen molar-refractivity contribution in [1.82, 2.24) is 48.1 Å². The Morgan fingerprint density at radius 3 is 0.939 bits per heavy atom. The number of nitriles is 1. The largest absolute Gasteiger partial charge is 0.502 e. The molecule has 9 heterocycles. The fourth-order valence-electron chi connectivity index (χ4n) is 24.0. The van der Waals surface area contributed by atoms with Gasteiger partial charge in [-0.05, 0) is 242 Å². The van der Waals surface area contributed by atoms with E-state index in [1.165, 1.54) is 78.4 Å². The number of aromatic hydroxyl groups is 4. The zero-order valence-electron chi connectivity index (χ0n) is 83.8. The first-order chi connectivity index (χ1) is 70.9. The second kappa shape index (κ2) is 40.6. The maximum absolute atomic E-state index is 14.3. The molecule has 5 atom stereocenters. The number of pyridine rings is 4. The van der Waals surface area contributed by atoms with E-state index >= 15 is 0 Å². The molecule has 4 aromatic heterocycles. The van der Waals surface area contributed by atoms with Gasteiger partial charge in [0.2, 0.25) is 21.7 Å². The van der Waals surface area contributed by atoms with Crippen molar-refractivity contribution >= 4 is 23.6 Å². The van der Waals surface area contributed by atoms with E-state index < -0.39 is 122 Å². The molecule has 8 aromatic carbocycles. The van der Waals surface area contributed by atoms with Gasteiger partial charge in [-0.1, -0.05) is 194 Å². The van der Waals surface area contributed by atoms with Gasteiger partial charge >= 0.3 is 12.4 Å². The Morgan fingerprint density at radius 2 is 0.649 bits per heavy atom. The van der Waals surface area contributed by atoms with Crippen LogP contribution in [-0.2, 0) is 51.4 Å². The van der Waals surface area contributed by atoms with Gasteiger partial charge in [-0.3, -0.25) is 77.1 Å². The molecule has 768 valence electrons.